The van der Waals surface area contributed by atoms with Crippen molar-refractivity contribution in [3.8, 4) is 0 Å². The van der Waals surface area contributed by atoms with Crippen LogP contribution in [0.2, 0.25) is 5.02 Å². The molecule has 0 aromatic heterocycles. The summed E-state index contributed by atoms with van der Waals surface area (Å²) < 4.78 is 0. The third-order valence-electron chi connectivity index (χ3n) is 4.31. The van der Waals surface area contributed by atoms with E-state index in [0.717, 1.165) is 60.3 Å². The van der Waals surface area contributed by atoms with Crippen molar-refractivity contribution in [2.24, 2.45) is 4.99 Å². The van der Waals surface area contributed by atoms with E-state index in [9.17, 15) is 0 Å². The fourth-order valence-corrected chi connectivity index (χ4v) is 3.13. The standard InChI is InChI=1S/C20H25ClN4/c1-25-12-5-10-20(23-15-16-6-4-7-17(21)14-16)24-19-9-3-2-8-18(19)22-11-13-25/h2-4,6-9,14,22H,5,10-13,15H2,1H3,(H,23,24). The molecule has 0 unspecified atom stereocenters. The number of benzene rings is 2. The van der Waals surface area contributed by atoms with Crippen molar-refractivity contribution in [3.05, 3.63) is 59.1 Å². The number of rotatable bonds is 2. The molecule has 5 heteroatoms. The molecular formula is C20H25ClN4. The molecule has 0 amide bonds. The number of amidine groups is 1. The van der Waals surface area contributed by atoms with Gasteiger partial charge in [-0.3, -0.25) is 4.99 Å². The number of para-hydroxylation sites is 2. The van der Waals surface area contributed by atoms with Crippen LogP contribution < -0.4 is 10.6 Å². The Balaban J connectivity index is 1.80. The highest BCUT2D eigenvalue weighted by atomic mass is 35.5. The van der Waals surface area contributed by atoms with E-state index < -0.39 is 0 Å². The summed E-state index contributed by atoms with van der Waals surface area (Å²) in [4.78, 5) is 7.18. The topological polar surface area (TPSA) is 39.7 Å². The molecule has 0 bridgehead atoms. The first-order chi connectivity index (χ1) is 12.2. The van der Waals surface area contributed by atoms with Crippen molar-refractivity contribution in [1.82, 2.24) is 4.90 Å². The Bertz CT molecular complexity index is 729. The lowest BCUT2D eigenvalue weighted by atomic mass is 10.2. The molecule has 0 saturated heterocycles. The zero-order valence-corrected chi connectivity index (χ0v) is 15.4. The Hall–Kier alpha value is -2.04. The maximum Gasteiger partial charge on any atom is 0.101 e. The fourth-order valence-electron chi connectivity index (χ4n) is 2.91. The normalized spacial score (nSPS) is 17.9. The summed E-state index contributed by atoms with van der Waals surface area (Å²) in [5, 5.41) is 7.80. The van der Waals surface area contributed by atoms with Gasteiger partial charge in [-0.25, -0.2) is 0 Å². The highest BCUT2D eigenvalue weighted by molar-refractivity contribution is 6.30. The van der Waals surface area contributed by atoms with Crippen LogP contribution in [-0.2, 0) is 6.54 Å². The van der Waals surface area contributed by atoms with Crippen molar-refractivity contribution in [2.75, 3.05) is 37.3 Å². The van der Waals surface area contributed by atoms with Gasteiger partial charge in [-0.2, -0.15) is 0 Å². The maximum atomic E-state index is 6.08. The number of hydrogen-bond acceptors (Lipinski definition) is 3. The van der Waals surface area contributed by atoms with Gasteiger partial charge in [0, 0.05) is 24.5 Å². The summed E-state index contributed by atoms with van der Waals surface area (Å²) in [5.74, 6) is 1.02. The summed E-state index contributed by atoms with van der Waals surface area (Å²) in [5.41, 5.74) is 3.32. The summed E-state index contributed by atoms with van der Waals surface area (Å²) in [7, 11) is 2.17. The minimum Gasteiger partial charge on any atom is -0.382 e. The molecule has 1 aliphatic rings. The zero-order chi connectivity index (χ0) is 17.5. The number of likely N-dealkylation sites (N-methyl/N-ethyl adjacent to an activating group) is 1. The fraction of sp³-hybridized carbons (Fsp3) is 0.350. The molecule has 132 valence electrons. The van der Waals surface area contributed by atoms with Crippen LogP contribution in [-0.4, -0.2) is 37.4 Å². The van der Waals surface area contributed by atoms with Gasteiger partial charge in [0.15, 0.2) is 0 Å². The highest BCUT2D eigenvalue weighted by Gasteiger charge is 2.09. The van der Waals surface area contributed by atoms with E-state index >= 15 is 0 Å². The van der Waals surface area contributed by atoms with Gasteiger partial charge >= 0.3 is 0 Å². The lowest BCUT2D eigenvalue weighted by Gasteiger charge is -2.16. The smallest absolute Gasteiger partial charge is 0.101 e. The van der Waals surface area contributed by atoms with Crippen LogP contribution >= 0.6 is 11.6 Å². The Morgan fingerprint density at radius 2 is 1.92 bits per heavy atom. The second kappa shape index (κ2) is 8.88. The number of halogens is 1. The number of aliphatic imine (C=N–C) groups is 1. The van der Waals surface area contributed by atoms with Gasteiger partial charge in [-0.1, -0.05) is 35.9 Å². The molecule has 0 radical (unpaired) electrons. The first kappa shape index (κ1) is 17.8. The molecule has 2 aromatic carbocycles. The minimum absolute atomic E-state index is 0.633. The summed E-state index contributed by atoms with van der Waals surface area (Å²) >= 11 is 6.08. The zero-order valence-electron chi connectivity index (χ0n) is 14.6. The highest BCUT2D eigenvalue weighted by Crippen LogP contribution is 2.22. The number of nitrogens with zero attached hydrogens (tertiary/aromatic N) is 2. The second-order valence-electron chi connectivity index (χ2n) is 6.40. The molecule has 0 spiro atoms. The van der Waals surface area contributed by atoms with Gasteiger partial charge in [0.2, 0.25) is 0 Å². The van der Waals surface area contributed by atoms with E-state index in [0.29, 0.717) is 6.54 Å². The lowest BCUT2D eigenvalue weighted by Crippen LogP contribution is -2.26. The Morgan fingerprint density at radius 1 is 1.08 bits per heavy atom. The number of fused-ring (bicyclic) bond motifs is 1. The van der Waals surface area contributed by atoms with Gasteiger partial charge in [0.05, 0.1) is 17.9 Å². The van der Waals surface area contributed by atoms with E-state index in [4.69, 9.17) is 16.6 Å². The summed E-state index contributed by atoms with van der Waals surface area (Å²) in [6, 6.07) is 16.2. The first-order valence-electron chi connectivity index (χ1n) is 8.77. The predicted molar refractivity (Wildman–Crippen MR) is 108 cm³/mol. The van der Waals surface area contributed by atoms with E-state index in [1.165, 1.54) is 0 Å². The van der Waals surface area contributed by atoms with Gasteiger partial charge in [-0.15, -0.1) is 0 Å². The van der Waals surface area contributed by atoms with Crippen molar-refractivity contribution < 1.29 is 0 Å². The maximum absolute atomic E-state index is 6.08. The van der Waals surface area contributed by atoms with Crippen LogP contribution in [0.3, 0.4) is 0 Å². The van der Waals surface area contributed by atoms with Crippen molar-refractivity contribution in [3.63, 3.8) is 0 Å². The molecule has 0 fully saturated rings. The Kier molecular flexibility index (Phi) is 6.31. The third kappa shape index (κ3) is 5.48. The van der Waals surface area contributed by atoms with Gasteiger partial charge in [0.1, 0.15) is 5.84 Å². The average molecular weight is 357 g/mol. The molecule has 1 aliphatic heterocycles. The molecule has 0 aliphatic carbocycles. The number of anilines is 2. The van der Waals surface area contributed by atoms with Crippen LogP contribution in [0.15, 0.2) is 53.5 Å². The molecular weight excluding hydrogens is 332 g/mol. The quantitative estimate of drug-likeness (QED) is 0.832. The second-order valence-corrected chi connectivity index (χ2v) is 6.83. The summed E-state index contributed by atoms with van der Waals surface area (Å²) in [6.07, 6.45) is 2.01. The first-order valence-corrected chi connectivity index (χ1v) is 9.15. The van der Waals surface area contributed by atoms with Crippen LogP contribution in [0.5, 0.6) is 0 Å². The largest absolute Gasteiger partial charge is 0.382 e. The van der Waals surface area contributed by atoms with E-state index in [-0.39, 0.29) is 0 Å². The molecule has 2 aromatic rings. The van der Waals surface area contributed by atoms with E-state index in [1.54, 1.807) is 0 Å². The Labute approximate surface area is 154 Å². The Morgan fingerprint density at radius 3 is 2.76 bits per heavy atom. The van der Waals surface area contributed by atoms with Gasteiger partial charge in [0.25, 0.3) is 0 Å². The van der Waals surface area contributed by atoms with Crippen molar-refractivity contribution in [2.45, 2.75) is 19.4 Å². The molecule has 25 heavy (non-hydrogen) atoms. The van der Waals surface area contributed by atoms with Crippen LogP contribution in [0.4, 0.5) is 11.4 Å². The predicted octanol–water partition coefficient (Wildman–Crippen LogP) is 4.49. The average Bonchev–Trinajstić information content (AvgIpc) is 2.64. The lowest BCUT2D eigenvalue weighted by molar-refractivity contribution is 0.344. The van der Waals surface area contributed by atoms with E-state index in [2.05, 4.69) is 46.8 Å². The number of nitrogens with one attached hydrogen (secondary N) is 2. The molecule has 0 saturated carbocycles. The molecule has 3 rings (SSSR count). The van der Waals surface area contributed by atoms with Crippen LogP contribution in [0.1, 0.15) is 18.4 Å². The summed E-state index contributed by atoms with van der Waals surface area (Å²) in [6.45, 7) is 3.66. The number of hydrogen-bond donors (Lipinski definition) is 2. The molecule has 4 nitrogen and oxygen atoms in total. The molecule has 0 atom stereocenters. The van der Waals surface area contributed by atoms with Gasteiger partial charge in [-0.05, 0) is 49.8 Å². The monoisotopic (exact) mass is 356 g/mol. The van der Waals surface area contributed by atoms with Crippen LogP contribution in [0, 0.1) is 0 Å². The van der Waals surface area contributed by atoms with E-state index in [1.807, 2.05) is 24.3 Å². The van der Waals surface area contributed by atoms with Crippen molar-refractivity contribution >= 4 is 28.8 Å². The van der Waals surface area contributed by atoms with Crippen LogP contribution in [0.25, 0.3) is 0 Å². The minimum atomic E-state index is 0.633. The van der Waals surface area contributed by atoms with Crippen molar-refractivity contribution in [1.29, 1.82) is 0 Å². The molecule has 2 N–H and O–H groups in total. The molecule has 1 heterocycles. The third-order valence-corrected chi connectivity index (χ3v) is 4.55. The van der Waals surface area contributed by atoms with Gasteiger partial charge < -0.3 is 15.5 Å². The SMILES string of the molecule is CN1CCCC(=NCc2cccc(Cl)c2)Nc2ccccc2NCC1.